The summed E-state index contributed by atoms with van der Waals surface area (Å²) in [4.78, 5) is 8.46. The lowest BCUT2D eigenvalue weighted by Gasteiger charge is -2.35. The Kier molecular flexibility index (Phi) is 3.56. The number of halogens is 1. The largest absolute Gasteiger partial charge is 0.384 e. The predicted octanol–water partition coefficient (Wildman–Crippen LogP) is 0.755. The van der Waals surface area contributed by atoms with E-state index in [1.807, 2.05) is 12.1 Å². The summed E-state index contributed by atoms with van der Waals surface area (Å²) in [6.45, 7) is 3.96. The van der Waals surface area contributed by atoms with Gasteiger partial charge in [0.05, 0.1) is 11.9 Å². The molecular formula is C11H17FN4. The molecule has 1 aromatic heterocycles. The van der Waals surface area contributed by atoms with E-state index in [0.29, 0.717) is 12.4 Å². The molecule has 2 heterocycles. The van der Waals surface area contributed by atoms with Crippen molar-refractivity contribution in [2.45, 2.75) is 0 Å². The Morgan fingerprint density at radius 2 is 2.00 bits per heavy atom. The number of anilines is 2. The summed E-state index contributed by atoms with van der Waals surface area (Å²) >= 11 is 0. The van der Waals surface area contributed by atoms with Gasteiger partial charge in [-0.2, -0.15) is 0 Å². The number of alkyl halides is 1. The first kappa shape index (κ1) is 11.1. The van der Waals surface area contributed by atoms with Gasteiger partial charge in [-0.3, -0.25) is 4.90 Å². The normalized spacial score (nSPS) is 17.7. The molecule has 0 spiro atoms. The van der Waals surface area contributed by atoms with E-state index in [4.69, 9.17) is 5.73 Å². The number of hydrogen-bond donors (Lipinski definition) is 1. The smallest absolute Gasteiger partial charge is 0.123 e. The third-order valence-electron chi connectivity index (χ3n) is 2.91. The second-order valence-electron chi connectivity index (χ2n) is 3.96. The van der Waals surface area contributed by atoms with E-state index in [0.717, 1.165) is 31.9 Å². The summed E-state index contributed by atoms with van der Waals surface area (Å²) < 4.78 is 12.2. The zero-order chi connectivity index (χ0) is 11.4. The molecule has 1 aliphatic heterocycles. The van der Waals surface area contributed by atoms with Crippen LogP contribution in [-0.2, 0) is 0 Å². The van der Waals surface area contributed by atoms with Crippen molar-refractivity contribution in [1.29, 1.82) is 0 Å². The third kappa shape index (κ3) is 2.61. The van der Waals surface area contributed by atoms with Crippen LogP contribution in [0.1, 0.15) is 0 Å². The first-order valence-electron chi connectivity index (χ1n) is 5.54. The van der Waals surface area contributed by atoms with Crippen LogP contribution >= 0.6 is 0 Å². The van der Waals surface area contributed by atoms with Crippen molar-refractivity contribution in [2.75, 3.05) is 50.0 Å². The van der Waals surface area contributed by atoms with Crippen molar-refractivity contribution in [3.8, 4) is 0 Å². The summed E-state index contributed by atoms with van der Waals surface area (Å²) in [5, 5.41) is 0. The molecule has 0 aliphatic carbocycles. The van der Waals surface area contributed by atoms with Crippen LogP contribution in [0.15, 0.2) is 18.3 Å². The number of pyridine rings is 1. The van der Waals surface area contributed by atoms with E-state index in [9.17, 15) is 4.39 Å². The van der Waals surface area contributed by atoms with E-state index in [1.54, 1.807) is 6.20 Å². The molecular weight excluding hydrogens is 207 g/mol. The zero-order valence-corrected chi connectivity index (χ0v) is 9.27. The molecule has 0 saturated carbocycles. The maximum absolute atomic E-state index is 12.2. The molecule has 16 heavy (non-hydrogen) atoms. The zero-order valence-electron chi connectivity index (χ0n) is 9.27. The summed E-state index contributed by atoms with van der Waals surface area (Å²) in [6.07, 6.45) is 1.79. The highest BCUT2D eigenvalue weighted by molar-refractivity contribution is 5.48. The lowest BCUT2D eigenvalue weighted by molar-refractivity contribution is 0.235. The van der Waals surface area contributed by atoms with E-state index in [1.165, 1.54) is 0 Å². The molecule has 0 bridgehead atoms. The average Bonchev–Trinajstić information content (AvgIpc) is 2.32. The molecule has 0 amide bonds. The first-order chi connectivity index (χ1) is 7.79. The van der Waals surface area contributed by atoms with Crippen molar-refractivity contribution in [3.05, 3.63) is 18.3 Å². The Bertz CT molecular complexity index is 319. The predicted molar refractivity (Wildman–Crippen MR) is 63.3 cm³/mol. The number of aromatic nitrogens is 1. The second-order valence-corrected chi connectivity index (χ2v) is 3.96. The van der Waals surface area contributed by atoms with Gasteiger partial charge in [0, 0.05) is 32.7 Å². The van der Waals surface area contributed by atoms with Crippen molar-refractivity contribution in [3.63, 3.8) is 0 Å². The van der Waals surface area contributed by atoms with Crippen LogP contribution < -0.4 is 10.6 Å². The van der Waals surface area contributed by atoms with Gasteiger partial charge in [-0.1, -0.05) is 0 Å². The number of nitrogens with two attached hydrogens (primary N) is 1. The minimum atomic E-state index is -0.260. The summed E-state index contributed by atoms with van der Waals surface area (Å²) in [7, 11) is 0. The Morgan fingerprint density at radius 1 is 1.25 bits per heavy atom. The lowest BCUT2D eigenvalue weighted by Crippen LogP contribution is -2.47. The third-order valence-corrected chi connectivity index (χ3v) is 2.91. The fourth-order valence-electron chi connectivity index (χ4n) is 1.93. The van der Waals surface area contributed by atoms with Gasteiger partial charge in [0.15, 0.2) is 0 Å². The lowest BCUT2D eigenvalue weighted by atomic mass is 10.2. The average molecular weight is 224 g/mol. The van der Waals surface area contributed by atoms with Gasteiger partial charge < -0.3 is 10.6 Å². The minimum Gasteiger partial charge on any atom is -0.384 e. The number of rotatable bonds is 3. The highest BCUT2D eigenvalue weighted by Crippen LogP contribution is 2.15. The van der Waals surface area contributed by atoms with Crippen molar-refractivity contribution in [1.82, 2.24) is 9.88 Å². The molecule has 0 unspecified atom stereocenters. The standard InChI is InChI=1S/C11H17FN4/c12-3-4-15-5-7-16(8-6-15)10-1-2-11(13)14-9-10/h1-2,9H,3-8H2,(H2,13,14). The van der Waals surface area contributed by atoms with Crippen LogP contribution in [0.2, 0.25) is 0 Å². The second kappa shape index (κ2) is 5.12. The molecule has 0 aromatic carbocycles. The van der Waals surface area contributed by atoms with Gasteiger partial charge in [-0.15, -0.1) is 0 Å². The highest BCUT2D eigenvalue weighted by Gasteiger charge is 2.16. The molecule has 1 fully saturated rings. The van der Waals surface area contributed by atoms with Gasteiger partial charge >= 0.3 is 0 Å². The first-order valence-corrected chi connectivity index (χ1v) is 5.54. The molecule has 4 nitrogen and oxygen atoms in total. The van der Waals surface area contributed by atoms with Crippen LogP contribution in [0.4, 0.5) is 15.9 Å². The number of hydrogen-bond acceptors (Lipinski definition) is 4. The molecule has 0 atom stereocenters. The molecule has 2 rings (SSSR count). The Morgan fingerprint density at radius 3 is 2.56 bits per heavy atom. The van der Waals surface area contributed by atoms with Gasteiger partial charge in [-0.05, 0) is 12.1 Å². The molecule has 1 aliphatic rings. The fourth-order valence-corrected chi connectivity index (χ4v) is 1.93. The summed E-state index contributed by atoms with van der Waals surface area (Å²) in [5.74, 6) is 0.541. The number of nitrogen functional groups attached to an aromatic ring is 1. The van der Waals surface area contributed by atoms with E-state index >= 15 is 0 Å². The van der Waals surface area contributed by atoms with Crippen molar-refractivity contribution in [2.24, 2.45) is 0 Å². The summed E-state index contributed by atoms with van der Waals surface area (Å²) in [5.41, 5.74) is 6.63. The van der Waals surface area contributed by atoms with Crippen molar-refractivity contribution < 1.29 is 4.39 Å². The van der Waals surface area contributed by atoms with Gasteiger partial charge in [0.25, 0.3) is 0 Å². The van der Waals surface area contributed by atoms with Crippen LogP contribution in [0, 0.1) is 0 Å². The fraction of sp³-hybridized carbons (Fsp3) is 0.545. The minimum absolute atomic E-state index is 0.260. The highest BCUT2D eigenvalue weighted by atomic mass is 19.1. The van der Waals surface area contributed by atoms with Gasteiger partial charge in [-0.25, -0.2) is 9.37 Å². The van der Waals surface area contributed by atoms with Crippen molar-refractivity contribution >= 4 is 11.5 Å². The number of piperazine rings is 1. The maximum Gasteiger partial charge on any atom is 0.123 e. The van der Waals surface area contributed by atoms with Crippen LogP contribution in [0.5, 0.6) is 0 Å². The molecule has 2 N–H and O–H groups in total. The van der Waals surface area contributed by atoms with Gasteiger partial charge in [0.2, 0.25) is 0 Å². The van der Waals surface area contributed by atoms with Crippen LogP contribution in [-0.4, -0.2) is 49.3 Å². The van der Waals surface area contributed by atoms with Gasteiger partial charge in [0.1, 0.15) is 12.5 Å². The van der Waals surface area contributed by atoms with Crippen LogP contribution in [0.25, 0.3) is 0 Å². The van der Waals surface area contributed by atoms with E-state index < -0.39 is 0 Å². The monoisotopic (exact) mass is 224 g/mol. The molecule has 5 heteroatoms. The Hall–Kier alpha value is -1.36. The quantitative estimate of drug-likeness (QED) is 0.823. The molecule has 0 radical (unpaired) electrons. The molecule has 1 aromatic rings. The van der Waals surface area contributed by atoms with E-state index in [2.05, 4.69) is 14.8 Å². The Labute approximate surface area is 94.9 Å². The van der Waals surface area contributed by atoms with E-state index in [-0.39, 0.29) is 6.67 Å². The Balaban J connectivity index is 1.91. The van der Waals surface area contributed by atoms with Crippen LogP contribution in [0.3, 0.4) is 0 Å². The SMILES string of the molecule is Nc1ccc(N2CCN(CCF)CC2)cn1. The molecule has 88 valence electrons. The topological polar surface area (TPSA) is 45.4 Å². The molecule has 1 saturated heterocycles. The summed E-state index contributed by atoms with van der Waals surface area (Å²) in [6, 6.07) is 3.79. The maximum atomic E-state index is 12.2. The number of nitrogens with zero attached hydrogens (tertiary/aromatic N) is 3.